The van der Waals surface area contributed by atoms with Gasteiger partial charge in [0.25, 0.3) is 0 Å². The Hall–Kier alpha value is -1.69. The van der Waals surface area contributed by atoms with Gasteiger partial charge in [-0.2, -0.15) is 0 Å². The maximum atomic E-state index is 5.84. The summed E-state index contributed by atoms with van der Waals surface area (Å²) in [6, 6.07) is 4.47. The lowest BCUT2D eigenvalue weighted by Crippen LogP contribution is -2.44. The van der Waals surface area contributed by atoms with Crippen molar-refractivity contribution < 1.29 is 14.2 Å². The van der Waals surface area contributed by atoms with E-state index in [4.69, 9.17) is 26.4 Å². The van der Waals surface area contributed by atoms with Crippen LogP contribution in [0.4, 0.5) is 0 Å². The Morgan fingerprint density at radius 3 is 2.27 bits per heavy atom. The third kappa shape index (κ3) is 6.93. The van der Waals surface area contributed by atoms with Gasteiger partial charge in [-0.15, -0.1) is 0 Å². The quantitative estimate of drug-likeness (QED) is 0.316. The van der Waals surface area contributed by atoms with E-state index in [1.807, 2.05) is 6.07 Å². The Kier molecular flexibility index (Phi) is 11.1. The molecule has 5 nitrogen and oxygen atoms in total. The summed E-state index contributed by atoms with van der Waals surface area (Å²) in [6.45, 7) is 3.90. The van der Waals surface area contributed by atoms with E-state index in [0.717, 1.165) is 23.0 Å². The van der Waals surface area contributed by atoms with E-state index in [1.54, 1.807) is 21.3 Å². The zero-order valence-electron chi connectivity index (χ0n) is 19.3. The minimum absolute atomic E-state index is 0.479. The molecule has 0 atom stereocenters. The zero-order chi connectivity index (χ0) is 21.8. The van der Waals surface area contributed by atoms with Crippen molar-refractivity contribution in [2.75, 3.05) is 27.9 Å². The van der Waals surface area contributed by atoms with Gasteiger partial charge in [0.15, 0.2) is 16.6 Å². The van der Waals surface area contributed by atoms with Crippen molar-refractivity contribution in [3.63, 3.8) is 0 Å². The van der Waals surface area contributed by atoms with Crippen LogP contribution >= 0.6 is 12.2 Å². The molecule has 0 saturated heterocycles. The van der Waals surface area contributed by atoms with Crippen LogP contribution in [-0.2, 0) is 6.54 Å². The first kappa shape index (κ1) is 24.6. The van der Waals surface area contributed by atoms with Crippen molar-refractivity contribution >= 4 is 17.3 Å². The summed E-state index contributed by atoms with van der Waals surface area (Å²) in [5.74, 6) is 2.03. The molecule has 0 aliphatic heterocycles. The smallest absolute Gasteiger partial charge is 0.203 e. The molecule has 1 fully saturated rings. The van der Waals surface area contributed by atoms with Crippen LogP contribution in [0.3, 0.4) is 0 Å². The Morgan fingerprint density at radius 1 is 0.967 bits per heavy atom. The van der Waals surface area contributed by atoms with E-state index in [0.29, 0.717) is 24.1 Å². The number of unbranched alkanes of at least 4 members (excludes halogenated alkanes) is 5. The maximum Gasteiger partial charge on any atom is 0.203 e. The first-order valence-corrected chi connectivity index (χ1v) is 11.9. The molecule has 0 bridgehead atoms. The summed E-state index contributed by atoms with van der Waals surface area (Å²) >= 11 is 5.84. The molecule has 1 aromatic rings. The molecular weight excluding hydrogens is 396 g/mol. The minimum atomic E-state index is 0.479. The van der Waals surface area contributed by atoms with E-state index in [9.17, 15) is 0 Å². The number of ether oxygens (including phenoxy) is 3. The van der Waals surface area contributed by atoms with E-state index in [2.05, 4.69) is 23.2 Å². The first-order chi connectivity index (χ1) is 14.7. The minimum Gasteiger partial charge on any atom is -0.493 e. The monoisotopic (exact) mass is 436 g/mol. The molecule has 0 amide bonds. The number of benzene rings is 1. The van der Waals surface area contributed by atoms with Gasteiger partial charge < -0.3 is 24.4 Å². The fourth-order valence-corrected chi connectivity index (χ4v) is 4.57. The summed E-state index contributed by atoms with van der Waals surface area (Å²) < 4.78 is 16.7. The summed E-state index contributed by atoms with van der Waals surface area (Å²) in [4.78, 5) is 2.35. The molecule has 0 radical (unpaired) electrons. The fourth-order valence-electron chi connectivity index (χ4n) is 4.26. The highest BCUT2D eigenvalue weighted by molar-refractivity contribution is 7.80. The molecule has 1 aliphatic rings. The largest absolute Gasteiger partial charge is 0.493 e. The molecule has 1 aliphatic carbocycles. The van der Waals surface area contributed by atoms with E-state index in [-0.39, 0.29) is 0 Å². The Bertz CT molecular complexity index is 648. The standard InChI is InChI=1S/C24H40N2O3S/c1-5-6-7-8-9-12-17-25-24(30)26(20-13-10-11-14-20)18-19-15-16-21(27-2)23(29-4)22(19)28-3/h15-16,20H,5-14,17-18H2,1-4H3,(H,25,30). The van der Waals surface area contributed by atoms with Crippen LogP contribution in [0.25, 0.3) is 0 Å². The number of hydrogen-bond donors (Lipinski definition) is 1. The van der Waals surface area contributed by atoms with Crippen LogP contribution in [0.2, 0.25) is 0 Å². The normalized spacial score (nSPS) is 13.9. The van der Waals surface area contributed by atoms with E-state index in [1.165, 1.54) is 64.2 Å². The van der Waals surface area contributed by atoms with Gasteiger partial charge in [0, 0.05) is 24.7 Å². The molecule has 1 N–H and O–H groups in total. The number of rotatable bonds is 13. The summed E-state index contributed by atoms with van der Waals surface area (Å²) in [7, 11) is 4.96. The molecule has 0 unspecified atom stereocenters. The topological polar surface area (TPSA) is 43.0 Å². The van der Waals surface area contributed by atoms with Crippen LogP contribution in [0, 0.1) is 0 Å². The molecular formula is C24H40N2O3S. The van der Waals surface area contributed by atoms with Gasteiger partial charge in [0.1, 0.15) is 0 Å². The molecule has 30 heavy (non-hydrogen) atoms. The molecule has 0 spiro atoms. The third-order valence-corrected chi connectivity index (χ3v) is 6.34. The summed E-state index contributed by atoms with van der Waals surface area (Å²) in [6.07, 6.45) is 12.6. The van der Waals surface area contributed by atoms with Gasteiger partial charge in [0.2, 0.25) is 5.75 Å². The fraction of sp³-hybridized carbons (Fsp3) is 0.708. The lowest BCUT2D eigenvalue weighted by Gasteiger charge is -2.32. The predicted molar refractivity (Wildman–Crippen MR) is 128 cm³/mol. The van der Waals surface area contributed by atoms with Crippen molar-refractivity contribution in [2.45, 2.75) is 83.7 Å². The van der Waals surface area contributed by atoms with Crippen LogP contribution in [0.15, 0.2) is 12.1 Å². The SMILES string of the molecule is CCCCCCCCNC(=S)N(Cc1ccc(OC)c(OC)c1OC)C1CCCC1. The molecule has 0 heterocycles. The van der Waals surface area contributed by atoms with Crippen molar-refractivity contribution in [2.24, 2.45) is 0 Å². The first-order valence-electron chi connectivity index (χ1n) is 11.5. The number of hydrogen-bond acceptors (Lipinski definition) is 4. The third-order valence-electron chi connectivity index (χ3n) is 5.96. The number of thiocarbonyl (C=S) groups is 1. The molecule has 1 aromatic carbocycles. The highest BCUT2D eigenvalue weighted by Gasteiger charge is 2.27. The Morgan fingerprint density at radius 2 is 1.63 bits per heavy atom. The summed E-state index contributed by atoms with van der Waals surface area (Å²) in [5.41, 5.74) is 1.06. The van der Waals surface area contributed by atoms with Crippen LogP contribution in [0.1, 0.15) is 76.7 Å². The van der Waals surface area contributed by atoms with Crippen molar-refractivity contribution in [3.05, 3.63) is 17.7 Å². The molecule has 170 valence electrons. The number of methoxy groups -OCH3 is 3. The lowest BCUT2D eigenvalue weighted by molar-refractivity contribution is 0.289. The Labute approximate surface area is 188 Å². The predicted octanol–water partition coefficient (Wildman–Crippen LogP) is 5.69. The van der Waals surface area contributed by atoms with Crippen LogP contribution < -0.4 is 19.5 Å². The molecule has 6 heteroatoms. The highest BCUT2D eigenvalue weighted by atomic mass is 32.1. The molecule has 1 saturated carbocycles. The average molecular weight is 437 g/mol. The molecule has 0 aromatic heterocycles. The van der Waals surface area contributed by atoms with Gasteiger partial charge in [-0.05, 0) is 43.6 Å². The number of nitrogens with zero attached hydrogens (tertiary/aromatic N) is 1. The van der Waals surface area contributed by atoms with E-state index >= 15 is 0 Å². The Balaban J connectivity index is 2.04. The maximum absolute atomic E-state index is 5.84. The number of nitrogens with one attached hydrogen (secondary N) is 1. The second kappa shape index (κ2) is 13.6. The van der Waals surface area contributed by atoms with Crippen molar-refractivity contribution in [3.8, 4) is 17.2 Å². The second-order valence-electron chi connectivity index (χ2n) is 8.06. The average Bonchev–Trinajstić information content (AvgIpc) is 3.30. The van der Waals surface area contributed by atoms with Gasteiger partial charge in [-0.1, -0.05) is 51.9 Å². The summed E-state index contributed by atoms with van der Waals surface area (Å²) in [5, 5.41) is 4.37. The lowest BCUT2D eigenvalue weighted by atomic mass is 10.1. The van der Waals surface area contributed by atoms with E-state index < -0.39 is 0 Å². The van der Waals surface area contributed by atoms with Gasteiger partial charge in [-0.25, -0.2) is 0 Å². The van der Waals surface area contributed by atoms with Crippen molar-refractivity contribution in [1.29, 1.82) is 0 Å². The second-order valence-corrected chi connectivity index (χ2v) is 8.45. The highest BCUT2D eigenvalue weighted by Crippen LogP contribution is 2.40. The van der Waals surface area contributed by atoms with Gasteiger partial charge in [0.05, 0.1) is 21.3 Å². The molecule has 2 rings (SSSR count). The van der Waals surface area contributed by atoms with Crippen LogP contribution in [-0.4, -0.2) is 43.9 Å². The zero-order valence-corrected chi connectivity index (χ0v) is 20.1. The van der Waals surface area contributed by atoms with Crippen molar-refractivity contribution in [1.82, 2.24) is 10.2 Å². The van der Waals surface area contributed by atoms with Crippen LogP contribution in [0.5, 0.6) is 17.2 Å². The van der Waals surface area contributed by atoms with Gasteiger partial charge in [-0.3, -0.25) is 0 Å². The van der Waals surface area contributed by atoms with Gasteiger partial charge >= 0.3 is 0 Å².